The highest BCUT2D eigenvalue weighted by molar-refractivity contribution is 8.00. The van der Waals surface area contributed by atoms with Crippen molar-refractivity contribution in [3.8, 4) is 0 Å². The van der Waals surface area contributed by atoms with Crippen LogP contribution in [0.3, 0.4) is 0 Å². The SMILES string of the molecule is CNC(=O)[C@H]1N(C(=O)[C@@H](O)[C@H](Cc2ccccc2)NC(=O)[C@H](C)NC(=O)COC)CSC1(C)C. The Morgan fingerprint density at radius 1 is 1.21 bits per heavy atom. The Morgan fingerprint density at radius 3 is 2.44 bits per heavy atom. The molecule has 1 aliphatic heterocycles. The van der Waals surface area contributed by atoms with Crippen molar-refractivity contribution < 1.29 is 29.0 Å². The number of carbonyl (C=O) groups is 4. The van der Waals surface area contributed by atoms with Crippen molar-refractivity contribution in [1.82, 2.24) is 20.9 Å². The monoisotopic (exact) mass is 494 g/mol. The molecule has 1 aromatic rings. The fourth-order valence-corrected chi connectivity index (χ4v) is 4.93. The molecule has 4 N–H and O–H groups in total. The lowest BCUT2D eigenvalue weighted by Gasteiger charge is -2.33. The van der Waals surface area contributed by atoms with Gasteiger partial charge < -0.3 is 30.7 Å². The van der Waals surface area contributed by atoms with Crippen LogP contribution in [0.2, 0.25) is 0 Å². The predicted molar refractivity (Wildman–Crippen MR) is 129 cm³/mol. The molecule has 2 rings (SSSR count). The molecular formula is C23H34N4O6S. The Bertz CT molecular complexity index is 881. The normalized spacial score (nSPS) is 19.6. The highest BCUT2D eigenvalue weighted by atomic mass is 32.2. The van der Waals surface area contributed by atoms with Gasteiger partial charge in [0, 0.05) is 18.9 Å². The Morgan fingerprint density at radius 2 is 1.85 bits per heavy atom. The lowest BCUT2D eigenvalue weighted by atomic mass is 9.97. The quantitative estimate of drug-likeness (QED) is 0.349. The summed E-state index contributed by atoms with van der Waals surface area (Å²) in [5.41, 5.74) is 0.801. The van der Waals surface area contributed by atoms with Crippen LogP contribution in [0.5, 0.6) is 0 Å². The molecule has 1 fully saturated rings. The molecule has 11 heteroatoms. The van der Waals surface area contributed by atoms with Gasteiger partial charge in [-0.15, -0.1) is 11.8 Å². The zero-order chi connectivity index (χ0) is 25.5. The summed E-state index contributed by atoms with van der Waals surface area (Å²) in [4.78, 5) is 51.8. The van der Waals surface area contributed by atoms with Crippen LogP contribution >= 0.6 is 11.8 Å². The summed E-state index contributed by atoms with van der Waals surface area (Å²) in [6.07, 6.45) is -1.43. The van der Waals surface area contributed by atoms with Gasteiger partial charge in [0.1, 0.15) is 18.7 Å². The summed E-state index contributed by atoms with van der Waals surface area (Å²) in [7, 11) is 2.87. The second kappa shape index (κ2) is 12.2. The van der Waals surface area contributed by atoms with Crippen LogP contribution in [0, 0.1) is 0 Å². The highest BCUT2D eigenvalue weighted by Gasteiger charge is 2.49. The molecule has 4 atom stereocenters. The van der Waals surface area contributed by atoms with Crippen molar-refractivity contribution in [3.63, 3.8) is 0 Å². The number of aliphatic hydroxyl groups excluding tert-OH is 1. The fraction of sp³-hybridized carbons (Fsp3) is 0.565. The first-order chi connectivity index (χ1) is 16.0. The van der Waals surface area contributed by atoms with Gasteiger partial charge in [0.05, 0.1) is 11.9 Å². The third-order valence-electron chi connectivity index (χ3n) is 5.63. The standard InChI is InChI=1S/C23H34N4O6S/c1-14(25-17(28)12-33-5)20(30)26-16(11-15-9-7-6-8-10-15)18(29)22(32)27-13-34-23(2,3)19(27)21(31)24-4/h6-10,14,16,18-19,29H,11-13H2,1-5H3,(H,24,31)(H,25,28)(H,26,30)/t14-,16-,18-,19+/m0/s1. The summed E-state index contributed by atoms with van der Waals surface area (Å²) in [6.45, 7) is 5.03. The topological polar surface area (TPSA) is 137 Å². The number of rotatable bonds is 10. The molecular weight excluding hydrogens is 460 g/mol. The minimum absolute atomic E-state index is 0.174. The Kier molecular flexibility index (Phi) is 9.90. The highest BCUT2D eigenvalue weighted by Crippen LogP contribution is 2.39. The lowest BCUT2D eigenvalue weighted by molar-refractivity contribution is -0.147. The molecule has 0 unspecified atom stereocenters. The van der Waals surface area contributed by atoms with Gasteiger partial charge >= 0.3 is 0 Å². The average Bonchev–Trinajstić information content (AvgIpc) is 3.12. The molecule has 0 bridgehead atoms. The van der Waals surface area contributed by atoms with Gasteiger partial charge in [0.2, 0.25) is 17.7 Å². The molecule has 1 aliphatic rings. The summed E-state index contributed by atoms with van der Waals surface area (Å²) >= 11 is 1.44. The number of carbonyl (C=O) groups excluding carboxylic acids is 4. The van der Waals surface area contributed by atoms with E-state index in [0.717, 1.165) is 5.56 Å². The van der Waals surface area contributed by atoms with E-state index < -0.39 is 46.7 Å². The van der Waals surface area contributed by atoms with Gasteiger partial charge in [-0.1, -0.05) is 30.3 Å². The van der Waals surface area contributed by atoms with Crippen molar-refractivity contribution in [2.75, 3.05) is 26.6 Å². The second-order valence-electron chi connectivity index (χ2n) is 8.67. The van der Waals surface area contributed by atoms with Crippen LogP contribution in [0.25, 0.3) is 0 Å². The zero-order valence-corrected chi connectivity index (χ0v) is 21.0. The van der Waals surface area contributed by atoms with E-state index in [4.69, 9.17) is 4.74 Å². The van der Waals surface area contributed by atoms with E-state index >= 15 is 0 Å². The Labute approximate surface area is 204 Å². The number of likely N-dealkylation sites (N-methyl/N-ethyl adjacent to an activating group) is 1. The van der Waals surface area contributed by atoms with Gasteiger partial charge in [-0.3, -0.25) is 19.2 Å². The van der Waals surface area contributed by atoms with Crippen LogP contribution < -0.4 is 16.0 Å². The van der Waals surface area contributed by atoms with E-state index in [9.17, 15) is 24.3 Å². The summed E-state index contributed by atoms with van der Waals surface area (Å²) < 4.78 is 4.21. The van der Waals surface area contributed by atoms with E-state index in [1.165, 1.54) is 37.7 Å². The van der Waals surface area contributed by atoms with Crippen molar-refractivity contribution in [2.45, 2.75) is 56.2 Å². The van der Waals surface area contributed by atoms with Crippen LogP contribution in [0.15, 0.2) is 30.3 Å². The number of benzene rings is 1. The number of thioether (sulfide) groups is 1. The van der Waals surface area contributed by atoms with Crippen molar-refractivity contribution in [3.05, 3.63) is 35.9 Å². The van der Waals surface area contributed by atoms with Crippen molar-refractivity contribution >= 4 is 35.4 Å². The van der Waals surface area contributed by atoms with E-state index in [1.54, 1.807) is 0 Å². The molecule has 0 saturated carbocycles. The van der Waals surface area contributed by atoms with Gasteiger partial charge in [0.15, 0.2) is 6.10 Å². The molecule has 1 aromatic carbocycles. The molecule has 0 aromatic heterocycles. The number of nitrogens with zero attached hydrogens (tertiary/aromatic N) is 1. The first-order valence-electron chi connectivity index (χ1n) is 11.0. The maximum absolute atomic E-state index is 13.4. The van der Waals surface area contributed by atoms with E-state index in [2.05, 4.69) is 16.0 Å². The van der Waals surface area contributed by atoms with Gasteiger partial charge in [0.25, 0.3) is 5.91 Å². The molecule has 10 nitrogen and oxygen atoms in total. The first kappa shape index (κ1) is 27.6. The molecule has 0 spiro atoms. The molecule has 1 saturated heterocycles. The van der Waals surface area contributed by atoms with Crippen LogP contribution in [-0.4, -0.2) is 89.3 Å². The third kappa shape index (κ3) is 6.94. The number of amides is 4. The lowest BCUT2D eigenvalue weighted by Crippen LogP contribution is -2.59. The largest absolute Gasteiger partial charge is 0.381 e. The first-order valence-corrected chi connectivity index (χ1v) is 12.0. The fourth-order valence-electron chi connectivity index (χ4n) is 3.79. The van der Waals surface area contributed by atoms with Gasteiger partial charge in [-0.2, -0.15) is 0 Å². The van der Waals surface area contributed by atoms with Crippen molar-refractivity contribution in [2.24, 2.45) is 0 Å². The third-order valence-corrected chi connectivity index (χ3v) is 7.00. The molecule has 0 aliphatic carbocycles. The predicted octanol–water partition coefficient (Wildman–Crippen LogP) is -0.348. The number of hydrogen-bond acceptors (Lipinski definition) is 7. The van der Waals surface area contributed by atoms with E-state index in [-0.39, 0.29) is 24.8 Å². The minimum atomic E-state index is -1.60. The summed E-state index contributed by atoms with van der Waals surface area (Å²) in [6, 6.07) is 6.44. The number of aliphatic hydroxyl groups is 1. The molecule has 0 radical (unpaired) electrons. The smallest absolute Gasteiger partial charge is 0.254 e. The van der Waals surface area contributed by atoms with Crippen LogP contribution in [0.1, 0.15) is 26.3 Å². The second-order valence-corrected chi connectivity index (χ2v) is 10.3. The summed E-state index contributed by atoms with van der Waals surface area (Å²) in [5.74, 6) is -1.77. The molecule has 4 amide bonds. The Balaban J connectivity index is 2.24. The van der Waals surface area contributed by atoms with Crippen molar-refractivity contribution in [1.29, 1.82) is 0 Å². The zero-order valence-electron chi connectivity index (χ0n) is 20.2. The van der Waals surface area contributed by atoms with E-state index in [0.29, 0.717) is 0 Å². The number of ether oxygens (including phenoxy) is 1. The van der Waals surface area contributed by atoms with Crippen LogP contribution in [-0.2, 0) is 30.3 Å². The number of methoxy groups -OCH3 is 1. The van der Waals surface area contributed by atoms with Gasteiger partial charge in [-0.25, -0.2) is 0 Å². The average molecular weight is 495 g/mol. The Hall–Kier alpha value is -2.63. The number of nitrogens with one attached hydrogen (secondary N) is 3. The van der Waals surface area contributed by atoms with Crippen LogP contribution in [0.4, 0.5) is 0 Å². The number of hydrogen-bond donors (Lipinski definition) is 4. The maximum Gasteiger partial charge on any atom is 0.254 e. The maximum atomic E-state index is 13.4. The molecule has 34 heavy (non-hydrogen) atoms. The van der Waals surface area contributed by atoms with E-state index in [1.807, 2.05) is 44.2 Å². The summed E-state index contributed by atoms with van der Waals surface area (Å²) in [5, 5.41) is 18.9. The molecule has 1 heterocycles. The molecule has 188 valence electrons. The van der Waals surface area contributed by atoms with Gasteiger partial charge in [-0.05, 0) is 32.8 Å². The minimum Gasteiger partial charge on any atom is -0.381 e.